The van der Waals surface area contributed by atoms with Crippen LogP contribution in [0.15, 0.2) is 36.4 Å². The monoisotopic (exact) mass is 372 g/mol. The zero-order chi connectivity index (χ0) is 14.0. The third-order valence-corrected chi connectivity index (χ3v) is 3.38. The van der Waals surface area contributed by atoms with Crippen molar-refractivity contribution in [2.24, 2.45) is 0 Å². The molecule has 0 spiro atoms. The predicted molar refractivity (Wildman–Crippen MR) is 80.2 cm³/mol. The summed E-state index contributed by atoms with van der Waals surface area (Å²) in [6.07, 6.45) is 0. The lowest BCUT2D eigenvalue weighted by Crippen LogP contribution is -2.03. The van der Waals surface area contributed by atoms with Crippen LogP contribution in [0.1, 0.15) is 10.4 Å². The van der Waals surface area contributed by atoms with Crippen LogP contribution in [0.4, 0.5) is 21.5 Å². The maximum absolute atomic E-state index is 13.0. The van der Waals surface area contributed by atoms with Gasteiger partial charge < -0.3 is 16.2 Å². The molecule has 0 amide bonds. The Morgan fingerprint density at radius 3 is 2.58 bits per heavy atom. The highest BCUT2D eigenvalue weighted by molar-refractivity contribution is 14.1. The van der Waals surface area contributed by atoms with E-state index in [1.807, 2.05) is 22.6 Å². The Balaban J connectivity index is 2.29. The molecule has 0 saturated carbocycles. The lowest BCUT2D eigenvalue weighted by atomic mass is 10.1. The molecule has 0 bridgehead atoms. The normalized spacial score (nSPS) is 10.2. The van der Waals surface area contributed by atoms with Gasteiger partial charge in [0.25, 0.3) is 0 Å². The SMILES string of the molecule is Nc1cc(Nc2ccc(F)cc2I)ccc1C(=O)O. The largest absolute Gasteiger partial charge is 0.478 e. The third kappa shape index (κ3) is 3.14. The Labute approximate surface area is 122 Å². The minimum Gasteiger partial charge on any atom is -0.478 e. The molecular formula is C13H10FIN2O2. The lowest BCUT2D eigenvalue weighted by molar-refractivity contribution is 0.0698. The summed E-state index contributed by atoms with van der Waals surface area (Å²) in [5, 5.41) is 11.9. The van der Waals surface area contributed by atoms with Gasteiger partial charge in [0, 0.05) is 14.9 Å². The van der Waals surface area contributed by atoms with Gasteiger partial charge in [0.05, 0.1) is 11.3 Å². The zero-order valence-electron chi connectivity index (χ0n) is 9.65. The van der Waals surface area contributed by atoms with E-state index in [0.717, 1.165) is 9.26 Å². The van der Waals surface area contributed by atoms with Crippen LogP contribution in [0.2, 0.25) is 0 Å². The zero-order valence-corrected chi connectivity index (χ0v) is 11.8. The van der Waals surface area contributed by atoms with Gasteiger partial charge in [-0.25, -0.2) is 9.18 Å². The Hall–Kier alpha value is -1.83. The number of nitrogens with two attached hydrogens (primary N) is 1. The number of nitrogen functional groups attached to an aromatic ring is 1. The highest BCUT2D eigenvalue weighted by Gasteiger charge is 2.09. The number of carboxylic acids is 1. The molecular weight excluding hydrogens is 362 g/mol. The molecule has 0 heterocycles. The van der Waals surface area contributed by atoms with E-state index in [1.54, 1.807) is 12.1 Å². The number of hydrogen-bond acceptors (Lipinski definition) is 3. The minimum atomic E-state index is -1.07. The van der Waals surface area contributed by atoms with E-state index in [0.29, 0.717) is 5.69 Å². The van der Waals surface area contributed by atoms with Gasteiger partial charge in [0.2, 0.25) is 0 Å². The number of nitrogens with one attached hydrogen (secondary N) is 1. The minimum absolute atomic E-state index is 0.0550. The van der Waals surface area contributed by atoms with E-state index < -0.39 is 5.97 Å². The average molecular weight is 372 g/mol. The van der Waals surface area contributed by atoms with Crippen LogP contribution in [0.3, 0.4) is 0 Å². The number of rotatable bonds is 3. The molecule has 0 unspecified atom stereocenters. The van der Waals surface area contributed by atoms with Gasteiger partial charge in [-0.3, -0.25) is 0 Å². The molecule has 4 nitrogen and oxygen atoms in total. The molecule has 0 aliphatic rings. The third-order valence-electron chi connectivity index (χ3n) is 2.49. The van der Waals surface area contributed by atoms with Gasteiger partial charge in [-0.1, -0.05) is 0 Å². The average Bonchev–Trinajstić information content (AvgIpc) is 2.32. The van der Waals surface area contributed by atoms with Crippen molar-refractivity contribution in [1.29, 1.82) is 0 Å². The van der Waals surface area contributed by atoms with Gasteiger partial charge in [-0.05, 0) is 59.0 Å². The summed E-state index contributed by atoms with van der Waals surface area (Å²) < 4.78 is 13.7. The first kappa shape index (κ1) is 13.6. The fourth-order valence-corrected chi connectivity index (χ4v) is 2.19. The molecule has 6 heteroatoms. The number of carboxylic acid groups (broad SMARTS) is 1. The molecule has 2 rings (SSSR count). The van der Waals surface area contributed by atoms with Crippen LogP contribution in [-0.2, 0) is 0 Å². The fourth-order valence-electron chi connectivity index (χ4n) is 1.58. The molecule has 0 saturated heterocycles. The van der Waals surface area contributed by atoms with E-state index in [1.165, 1.54) is 24.3 Å². The molecule has 19 heavy (non-hydrogen) atoms. The standard InChI is InChI=1S/C13H10FIN2O2/c14-7-1-4-12(10(15)5-7)17-8-2-3-9(13(18)19)11(16)6-8/h1-6,17H,16H2,(H,18,19). The Morgan fingerprint density at radius 1 is 1.26 bits per heavy atom. The van der Waals surface area contributed by atoms with Crippen LogP contribution >= 0.6 is 22.6 Å². The predicted octanol–water partition coefficient (Wildman–Crippen LogP) is 3.45. The van der Waals surface area contributed by atoms with Crippen LogP contribution < -0.4 is 11.1 Å². The quantitative estimate of drug-likeness (QED) is 0.570. The first-order chi connectivity index (χ1) is 8.97. The lowest BCUT2D eigenvalue weighted by Gasteiger charge is -2.10. The van der Waals surface area contributed by atoms with Crippen LogP contribution in [0.5, 0.6) is 0 Å². The molecule has 0 aliphatic heterocycles. The van der Waals surface area contributed by atoms with Gasteiger partial charge >= 0.3 is 5.97 Å². The number of carbonyl (C=O) groups is 1. The number of anilines is 3. The fraction of sp³-hybridized carbons (Fsp3) is 0. The molecule has 0 atom stereocenters. The molecule has 0 aromatic heterocycles. The van der Waals surface area contributed by atoms with E-state index in [9.17, 15) is 9.18 Å². The maximum atomic E-state index is 13.0. The van der Waals surface area contributed by atoms with Gasteiger partial charge in [0.1, 0.15) is 5.82 Å². The van der Waals surface area contributed by atoms with Crippen molar-refractivity contribution < 1.29 is 14.3 Å². The number of aromatic carboxylic acids is 1. The maximum Gasteiger partial charge on any atom is 0.337 e. The second-order valence-corrected chi connectivity index (χ2v) is 5.02. The molecule has 4 N–H and O–H groups in total. The summed E-state index contributed by atoms with van der Waals surface area (Å²) in [6, 6.07) is 8.92. The van der Waals surface area contributed by atoms with Crippen molar-refractivity contribution in [3.8, 4) is 0 Å². The first-order valence-corrected chi connectivity index (χ1v) is 6.40. The van der Waals surface area contributed by atoms with Crippen molar-refractivity contribution in [3.05, 3.63) is 51.3 Å². The molecule has 2 aromatic carbocycles. The van der Waals surface area contributed by atoms with Crippen molar-refractivity contribution in [2.75, 3.05) is 11.1 Å². The van der Waals surface area contributed by atoms with Crippen molar-refractivity contribution in [2.45, 2.75) is 0 Å². The summed E-state index contributed by atoms with van der Waals surface area (Å²) in [5.74, 6) is -1.38. The van der Waals surface area contributed by atoms with E-state index in [-0.39, 0.29) is 17.1 Å². The van der Waals surface area contributed by atoms with Gasteiger partial charge in [-0.15, -0.1) is 0 Å². The van der Waals surface area contributed by atoms with Crippen molar-refractivity contribution in [1.82, 2.24) is 0 Å². The topological polar surface area (TPSA) is 75.3 Å². The highest BCUT2D eigenvalue weighted by atomic mass is 127. The molecule has 0 fully saturated rings. The Morgan fingerprint density at radius 2 is 2.00 bits per heavy atom. The second-order valence-electron chi connectivity index (χ2n) is 3.86. The summed E-state index contributed by atoms with van der Waals surface area (Å²) >= 11 is 2.01. The van der Waals surface area contributed by atoms with Crippen molar-refractivity contribution in [3.63, 3.8) is 0 Å². The van der Waals surface area contributed by atoms with Crippen LogP contribution in [-0.4, -0.2) is 11.1 Å². The Bertz CT molecular complexity index is 647. The van der Waals surface area contributed by atoms with Crippen molar-refractivity contribution >= 4 is 45.6 Å². The van der Waals surface area contributed by atoms with E-state index in [4.69, 9.17) is 10.8 Å². The first-order valence-electron chi connectivity index (χ1n) is 5.32. The van der Waals surface area contributed by atoms with Crippen LogP contribution in [0, 0.1) is 9.39 Å². The van der Waals surface area contributed by atoms with Gasteiger partial charge in [-0.2, -0.15) is 0 Å². The smallest absolute Gasteiger partial charge is 0.337 e. The molecule has 98 valence electrons. The van der Waals surface area contributed by atoms with E-state index >= 15 is 0 Å². The van der Waals surface area contributed by atoms with Gasteiger partial charge in [0.15, 0.2) is 0 Å². The van der Waals surface area contributed by atoms with E-state index in [2.05, 4.69) is 5.32 Å². The molecule has 2 aromatic rings. The Kier molecular flexibility index (Phi) is 3.89. The molecule has 0 aliphatic carbocycles. The second kappa shape index (κ2) is 5.43. The van der Waals surface area contributed by atoms with Crippen LogP contribution in [0.25, 0.3) is 0 Å². The highest BCUT2D eigenvalue weighted by Crippen LogP contribution is 2.25. The summed E-state index contributed by atoms with van der Waals surface area (Å²) in [6.45, 7) is 0. The number of benzene rings is 2. The summed E-state index contributed by atoms with van der Waals surface area (Å²) in [7, 11) is 0. The number of halogens is 2. The summed E-state index contributed by atoms with van der Waals surface area (Å²) in [4.78, 5) is 10.8. The summed E-state index contributed by atoms with van der Waals surface area (Å²) in [5.41, 5.74) is 7.26. The molecule has 0 radical (unpaired) electrons. The number of hydrogen-bond donors (Lipinski definition) is 3.